The Kier molecular flexibility index (Phi) is 5.98. The fourth-order valence-corrected chi connectivity index (χ4v) is 4.50. The van der Waals surface area contributed by atoms with Crippen LogP contribution in [0.1, 0.15) is 46.0 Å². The van der Waals surface area contributed by atoms with Crippen molar-refractivity contribution in [2.24, 2.45) is 23.0 Å². The van der Waals surface area contributed by atoms with Crippen molar-refractivity contribution in [3.63, 3.8) is 0 Å². The van der Waals surface area contributed by atoms with Crippen LogP contribution in [0.15, 0.2) is 35.2 Å². The van der Waals surface area contributed by atoms with Crippen molar-refractivity contribution in [2.45, 2.75) is 50.8 Å². The quantitative estimate of drug-likeness (QED) is 0.750. The number of benzene rings is 1. The molecule has 0 radical (unpaired) electrons. The molecule has 0 unspecified atom stereocenters. The van der Waals surface area contributed by atoms with Crippen molar-refractivity contribution in [1.82, 2.24) is 0 Å². The van der Waals surface area contributed by atoms with Crippen LogP contribution in [0.25, 0.3) is 0 Å². The predicted octanol–water partition coefficient (Wildman–Crippen LogP) is 4.96. The first-order chi connectivity index (χ1) is 9.65. The normalized spacial score (nSPS) is 26.9. The smallest absolute Gasteiger partial charge is 0.00719 e. The first kappa shape index (κ1) is 15.9. The molecule has 0 saturated heterocycles. The van der Waals surface area contributed by atoms with E-state index >= 15 is 0 Å². The fraction of sp³-hybridized carbons (Fsp3) is 0.667. The second-order valence-corrected chi connectivity index (χ2v) is 7.87. The van der Waals surface area contributed by atoms with Crippen molar-refractivity contribution in [2.75, 3.05) is 12.3 Å². The number of nitrogens with two attached hydrogens (primary N) is 1. The van der Waals surface area contributed by atoms with E-state index in [1.807, 2.05) is 11.8 Å². The Morgan fingerprint density at radius 1 is 1.20 bits per heavy atom. The van der Waals surface area contributed by atoms with Gasteiger partial charge in [-0.2, -0.15) is 0 Å². The van der Waals surface area contributed by atoms with Gasteiger partial charge in [0.05, 0.1) is 0 Å². The van der Waals surface area contributed by atoms with Crippen molar-refractivity contribution >= 4 is 11.8 Å². The minimum atomic E-state index is 0.424. The van der Waals surface area contributed by atoms with Crippen LogP contribution < -0.4 is 5.73 Å². The monoisotopic (exact) mass is 291 g/mol. The zero-order chi connectivity index (χ0) is 14.4. The van der Waals surface area contributed by atoms with Gasteiger partial charge in [0.1, 0.15) is 0 Å². The van der Waals surface area contributed by atoms with E-state index in [1.165, 1.54) is 42.8 Å². The highest BCUT2D eigenvalue weighted by molar-refractivity contribution is 7.99. The molecule has 2 rings (SSSR count). The summed E-state index contributed by atoms with van der Waals surface area (Å²) >= 11 is 1.98. The molecule has 1 aliphatic carbocycles. The zero-order valence-corrected chi connectivity index (χ0v) is 13.8. The zero-order valence-electron chi connectivity index (χ0n) is 13.0. The summed E-state index contributed by atoms with van der Waals surface area (Å²) in [6.45, 7) is 5.60. The van der Waals surface area contributed by atoms with Crippen LogP contribution in [0.2, 0.25) is 0 Å². The third-order valence-corrected chi connectivity index (χ3v) is 6.12. The van der Waals surface area contributed by atoms with E-state index in [4.69, 9.17) is 5.73 Å². The average Bonchev–Trinajstić information content (AvgIpc) is 2.49. The molecule has 0 atom stereocenters. The van der Waals surface area contributed by atoms with Gasteiger partial charge in [-0.15, -0.1) is 11.8 Å². The van der Waals surface area contributed by atoms with E-state index in [2.05, 4.69) is 44.2 Å². The van der Waals surface area contributed by atoms with Crippen molar-refractivity contribution < 1.29 is 0 Å². The van der Waals surface area contributed by atoms with Crippen LogP contribution in [-0.4, -0.2) is 12.3 Å². The molecule has 0 aliphatic heterocycles. The molecule has 2 N–H and O–H groups in total. The maximum absolute atomic E-state index is 6.13. The maximum Gasteiger partial charge on any atom is 0.00719 e. The lowest BCUT2D eigenvalue weighted by atomic mass is 9.67. The standard InChI is InChI=1S/C18H29NS/c1-15(2)16-8-10-18(14-19,11-9-16)12-13-20-17-6-4-3-5-7-17/h3-7,15-16H,8-14,19H2,1-2H3. The highest BCUT2D eigenvalue weighted by atomic mass is 32.2. The van der Waals surface area contributed by atoms with Crippen LogP contribution in [0.4, 0.5) is 0 Å². The van der Waals surface area contributed by atoms with Crippen molar-refractivity contribution in [1.29, 1.82) is 0 Å². The van der Waals surface area contributed by atoms with Crippen LogP contribution in [-0.2, 0) is 0 Å². The summed E-state index contributed by atoms with van der Waals surface area (Å²) in [5.41, 5.74) is 6.55. The molecular formula is C18H29NS. The Hall–Kier alpha value is -0.470. The van der Waals surface area contributed by atoms with Gasteiger partial charge in [0.2, 0.25) is 0 Å². The van der Waals surface area contributed by atoms with E-state index in [0.29, 0.717) is 5.41 Å². The second-order valence-electron chi connectivity index (χ2n) is 6.70. The topological polar surface area (TPSA) is 26.0 Å². The molecule has 112 valence electrons. The third-order valence-electron chi connectivity index (χ3n) is 5.11. The summed E-state index contributed by atoms with van der Waals surface area (Å²) in [7, 11) is 0. The molecule has 0 spiro atoms. The number of hydrogen-bond acceptors (Lipinski definition) is 2. The number of thioether (sulfide) groups is 1. The highest BCUT2D eigenvalue weighted by Crippen LogP contribution is 2.43. The summed E-state index contributed by atoms with van der Waals surface area (Å²) in [5, 5.41) is 0. The van der Waals surface area contributed by atoms with Crippen LogP contribution >= 0.6 is 11.8 Å². The lowest BCUT2D eigenvalue weighted by Gasteiger charge is -2.40. The van der Waals surface area contributed by atoms with E-state index in [0.717, 1.165) is 18.4 Å². The Bertz CT molecular complexity index is 380. The van der Waals surface area contributed by atoms with Gasteiger partial charge in [0.25, 0.3) is 0 Å². The van der Waals surface area contributed by atoms with Gasteiger partial charge < -0.3 is 5.73 Å². The second kappa shape index (κ2) is 7.51. The summed E-state index contributed by atoms with van der Waals surface area (Å²) in [5.74, 6) is 2.97. The Morgan fingerprint density at radius 2 is 1.85 bits per heavy atom. The van der Waals surface area contributed by atoms with Gasteiger partial charge in [-0.3, -0.25) is 0 Å². The fourth-order valence-electron chi connectivity index (χ4n) is 3.38. The minimum absolute atomic E-state index is 0.424. The third kappa shape index (κ3) is 4.26. The lowest BCUT2D eigenvalue weighted by molar-refractivity contribution is 0.129. The minimum Gasteiger partial charge on any atom is -0.330 e. The van der Waals surface area contributed by atoms with Crippen molar-refractivity contribution in [3.05, 3.63) is 30.3 Å². The molecule has 0 heterocycles. The molecule has 1 fully saturated rings. The van der Waals surface area contributed by atoms with Crippen LogP contribution in [0, 0.1) is 17.3 Å². The molecule has 1 saturated carbocycles. The number of rotatable bonds is 6. The van der Waals surface area contributed by atoms with Gasteiger partial charge in [0, 0.05) is 4.90 Å². The molecule has 1 aliphatic rings. The Labute approximate surface area is 128 Å². The van der Waals surface area contributed by atoms with E-state index in [1.54, 1.807) is 0 Å². The Balaban J connectivity index is 1.81. The maximum atomic E-state index is 6.13. The van der Waals surface area contributed by atoms with E-state index in [-0.39, 0.29) is 0 Å². The van der Waals surface area contributed by atoms with E-state index in [9.17, 15) is 0 Å². The first-order valence-corrected chi connectivity index (χ1v) is 9.02. The molecule has 0 aromatic heterocycles. The first-order valence-electron chi connectivity index (χ1n) is 8.03. The summed E-state index contributed by atoms with van der Waals surface area (Å²) in [6.07, 6.45) is 6.70. The van der Waals surface area contributed by atoms with Crippen LogP contribution in [0.5, 0.6) is 0 Å². The van der Waals surface area contributed by atoms with Gasteiger partial charge in [-0.25, -0.2) is 0 Å². The number of hydrogen-bond donors (Lipinski definition) is 1. The van der Waals surface area contributed by atoms with Crippen molar-refractivity contribution in [3.8, 4) is 0 Å². The molecule has 1 aromatic carbocycles. The largest absolute Gasteiger partial charge is 0.330 e. The SMILES string of the molecule is CC(C)C1CCC(CN)(CCSc2ccccc2)CC1. The predicted molar refractivity (Wildman–Crippen MR) is 90.1 cm³/mol. The van der Waals surface area contributed by atoms with E-state index < -0.39 is 0 Å². The molecule has 0 amide bonds. The van der Waals surface area contributed by atoms with Gasteiger partial charge >= 0.3 is 0 Å². The molecule has 2 heteroatoms. The highest BCUT2D eigenvalue weighted by Gasteiger charge is 2.34. The lowest BCUT2D eigenvalue weighted by Crippen LogP contribution is -2.36. The van der Waals surface area contributed by atoms with Gasteiger partial charge in [-0.05, 0) is 73.8 Å². The van der Waals surface area contributed by atoms with Gasteiger partial charge in [0.15, 0.2) is 0 Å². The summed E-state index contributed by atoms with van der Waals surface area (Å²) < 4.78 is 0. The van der Waals surface area contributed by atoms with Gasteiger partial charge in [-0.1, -0.05) is 32.0 Å². The molecule has 0 bridgehead atoms. The summed E-state index contributed by atoms with van der Waals surface area (Å²) in [4.78, 5) is 1.38. The Morgan fingerprint density at radius 3 is 2.40 bits per heavy atom. The molecule has 1 nitrogen and oxygen atoms in total. The summed E-state index contributed by atoms with van der Waals surface area (Å²) in [6, 6.07) is 10.7. The average molecular weight is 292 g/mol. The molecule has 20 heavy (non-hydrogen) atoms. The van der Waals surface area contributed by atoms with Crippen LogP contribution in [0.3, 0.4) is 0 Å². The molecular weight excluding hydrogens is 262 g/mol. The molecule has 1 aromatic rings.